The summed E-state index contributed by atoms with van der Waals surface area (Å²) in [6, 6.07) is 4.18. The number of nitrogens with one attached hydrogen (secondary N) is 1. The molecule has 2 aliphatic heterocycles. The first-order chi connectivity index (χ1) is 14.9. The van der Waals surface area contributed by atoms with Crippen molar-refractivity contribution in [3.63, 3.8) is 0 Å². The Kier molecular flexibility index (Phi) is 8.89. The van der Waals surface area contributed by atoms with E-state index in [4.69, 9.17) is 4.74 Å². The van der Waals surface area contributed by atoms with Crippen LogP contribution in [0.5, 0.6) is 11.5 Å². The number of aromatic hydroxyl groups is 1. The van der Waals surface area contributed by atoms with Crippen molar-refractivity contribution < 1.29 is 9.84 Å². The van der Waals surface area contributed by atoms with Gasteiger partial charge in [-0.2, -0.15) is 0 Å². The lowest BCUT2D eigenvalue weighted by molar-refractivity contribution is 0.137. The van der Waals surface area contributed by atoms with Gasteiger partial charge in [-0.15, -0.1) is 0 Å². The van der Waals surface area contributed by atoms with Gasteiger partial charge in [0.15, 0.2) is 0 Å². The van der Waals surface area contributed by atoms with Crippen LogP contribution in [0.4, 0.5) is 0 Å². The fourth-order valence-corrected chi connectivity index (χ4v) is 5.32. The third-order valence-electron chi connectivity index (χ3n) is 7.27. The molecule has 0 bridgehead atoms. The number of rotatable bonds is 12. The summed E-state index contributed by atoms with van der Waals surface area (Å²) in [5, 5.41) is 14.4. The molecule has 1 aromatic carbocycles. The van der Waals surface area contributed by atoms with E-state index in [1.807, 2.05) is 6.07 Å². The van der Waals surface area contributed by atoms with Crippen molar-refractivity contribution in [2.24, 2.45) is 0 Å². The van der Waals surface area contributed by atoms with Crippen molar-refractivity contribution in [1.82, 2.24) is 5.32 Å². The zero-order valence-corrected chi connectivity index (χ0v) is 20.5. The quantitative estimate of drug-likeness (QED) is 0.335. The van der Waals surface area contributed by atoms with Crippen molar-refractivity contribution in [2.75, 3.05) is 13.1 Å². The second-order valence-electron chi connectivity index (χ2n) is 10.3. The predicted octanol–water partition coefficient (Wildman–Crippen LogP) is 7.72. The van der Waals surface area contributed by atoms with Crippen molar-refractivity contribution in [3.05, 3.63) is 28.8 Å². The van der Waals surface area contributed by atoms with Gasteiger partial charge in [0.2, 0.25) is 0 Å². The molecule has 174 valence electrons. The predicted molar refractivity (Wildman–Crippen MR) is 132 cm³/mol. The van der Waals surface area contributed by atoms with Crippen LogP contribution < -0.4 is 10.1 Å². The van der Waals surface area contributed by atoms with Crippen LogP contribution in [0.2, 0.25) is 0 Å². The zero-order chi connectivity index (χ0) is 22.3. The van der Waals surface area contributed by atoms with E-state index < -0.39 is 0 Å². The molecule has 0 aliphatic carbocycles. The molecule has 2 heterocycles. The van der Waals surface area contributed by atoms with Gasteiger partial charge in [0.25, 0.3) is 0 Å². The molecule has 3 heteroatoms. The lowest BCUT2D eigenvalue weighted by Crippen LogP contribution is -2.40. The van der Waals surface area contributed by atoms with Crippen molar-refractivity contribution in [3.8, 4) is 11.5 Å². The van der Waals surface area contributed by atoms with Gasteiger partial charge in [-0.1, -0.05) is 78.1 Å². The molecule has 1 aromatic rings. The van der Waals surface area contributed by atoms with E-state index in [1.54, 1.807) is 0 Å². The molecular formula is C28H45NO2. The Morgan fingerprint density at radius 2 is 1.65 bits per heavy atom. The number of ether oxygens (including phenoxy) is 1. The van der Waals surface area contributed by atoms with Gasteiger partial charge in [0, 0.05) is 6.54 Å². The first-order valence-corrected chi connectivity index (χ1v) is 12.9. The summed E-state index contributed by atoms with van der Waals surface area (Å²) in [5.41, 5.74) is 4.39. The second-order valence-corrected chi connectivity index (χ2v) is 10.3. The molecule has 3 rings (SSSR count). The number of phenols is 1. The maximum Gasteiger partial charge on any atom is 0.132 e. The molecule has 2 aliphatic rings. The van der Waals surface area contributed by atoms with E-state index in [1.165, 1.54) is 87.3 Å². The fraction of sp³-hybridized carbons (Fsp3) is 0.714. The highest BCUT2D eigenvalue weighted by molar-refractivity contribution is 5.82. The van der Waals surface area contributed by atoms with Gasteiger partial charge < -0.3 is 15.2 Å². The molecule has 1 atom stereocenters. The van der Waals surface area contributed by atoms with Crippen LogP contribution in [0.15, 0.2) is 17.7 Å². The Balaban J connectivity index is 1.50. The van der Waals surface area contributed by atoms with Gasteiger partial charge >= 0.3 is 0 Å². The van der Waals surface area contributed by atoms with Crippen LogP contribution in [0.3, 0.4) is 0 Å². The van der Waals surface area contributed by atoms with Gasteiger partial charge in [-0.25, -0.2) is 0 Å². The Morgan fingerprint density at radius 3 is 2.32 bits per heavy atom. The largest absolute Gasteiger partial charge is 0.507 e. The minimum absolute atomic E-state index is 0.296. The first-order valence-electron chi connectivity index (χ1n) is 12.9. The maximum absolute atomic E-state index is 10.9. The highest BCUT2D eigenvalue weighted by Gasteiger charge is 2.37. The molecule has 1 unspecified atom stereocenters. The highest BCUT2D eigenvalue weighted by Crippen LogP contribution is 2.48. The Hall–Kier alpha value is -1.48. The smallest absolute Gasteiger partial charge is 0.132 e. The SMILES string of the molecule is CCCCCCCCCCCCC(C)c1cc(O)c2c(c1)OC(C)(C)C1=C2CNCC1. The number of benzene rings is 1. The van der Waals surface area contributed by atoms with Crippen molar-refractivity contribution >= 4 is 5.57 Å². The normalized spacial score (nSPS) is 18.3. The molecule has 0 radical (unpaired) electrons. The molecule has 31 heavy (non-hydrogen) atoms. The van der Waals surface area contributed by atoms with E-state index in [9.17, 15) is 5.11 Å². The number of fused-ring (bicyclic) bond motifs is 2. The summed E-state index contributed by atoms with van der Waals surface area (Å²) in [6.07, 6.45) is 15.9. The Bertz CT molecular complexity index is 750. The summed E-state index contributed by atoms with van der Waals surface area (Å²) in [6.45, 7) is 10.7. The van der Waals surface area contributed by atoms with Gasteiger partial charge in [0.1, 0.15) is 17.1 Å². The van der Waals surface area contributed by atoms with E-state index in [0.29, 0.717) is 11.7 Å². The molecule has 0 aromatic heterocycles. The topological polar surface area (TPSA) is 41.5 Å². The Labute approximate surface area is 190 Å². The van der Waals surface area contributed by atoms with E-state index in [2.05, 4.69) is 39.1 Å². The standard InChI is InChI=1S/C28H45NO2/c1-5-6-7-8-9-10-11-12-13-14-15-21(2)22-18-25(30)27-23-20-29-17-16-24(23)28(3,4)31-26(27)19-22/h18-19,21,29-30H,5-17,20H2,1-4H3. The number of hydrogen-bond donors (Lipinski definition) is 2. The average Bonchev–Trinajstić information content (AvgIpc) is 2.74. The highest BCUT2D eigenvalue weighted by atomic mass is 16.5. The van der Waals surface area contributed by atoms with Crippen LogP contribution in [0.25, 0.3) is 5.57 Å². The van der Waals surface area contributed by atoms with Gasteiger partial charge in [0.05, 0.1) is 5.56 Å². The van der Waals surface area contributed by atoms with E-state index >= 15 is 0 Å². The third-order valence-corrected chi connectivity index (χ3v) is 7.27. The molecule has 2 N–H and O–H groups in total. The van der Waals surface area contributed by atoms with Crippen molar-refractivity contribution in [1.29, 1.82) is 0 Å². The van der Waals surface area contributed by atoms with Crippen LogP contribution in [-0.2, 0) is 0 Å². The first kappa shape index (κ1) is 24.2. The third kappa shape index (κ3) is 6.28. The van der Waals surface area contributed by atoms with E-state index in [-0.39, 0.29) is 5.60 Å². The number of hydrogen-bond acceptors (Lipinski definition) is 3. The average molecular weight is 428 g/mol. The van der Waals surface area contributed by atoms with Gasteiger partial charge in [-0.05, 0) is 68.0 Å². The second kappa shape index (κ2) is 11.4. The fourth-order valence-electron chi connectivity index (χ4n) is 5.32. The van der Waals surface area contributed by atoms with Crippen LogP contribution in [0, 0.1) is 0 Å². The van der Waals surface area contributed by atoms with Gasteiger partial charge in [-0.3, -0.25) is 0 Å². The van der Waals surface area contributed by atoms with E-state index in [0.717, 1.165) is 30.8 Å². The summed E-state index contributed by atoms with van der Waals surface area (Å²) < 4.78 is 6.42. The lowest BCUT2D eigenvalue weighted by Gasteiger charge is -2.40. The lowest BCUT2D eigenvalue weighted by atomic mass is 9.81. The monoisotopic (exact) mass is 427 g/mol. The van der Waals surface area contributed by atoms with Crippen LogP contribution in [-0.4, -0.2) is 23.8 Å². The molecular weight excluding hydrogens is 382 g/mol. The summed E-state index contributed by atoms with van der Waals surface area (Å²) in [7, 11) is 0. The number of phenolic OH excluding ortho intramolecular Hbond substituents is 1. The maximum atomic E-state index is 10.9. The summed E-state index contributed by atoms with van der Waals surface area (Å²) in [5.74, 6) is 1.68. The molecule has 0 fully saturated rings. The molecule has 0 amide bonds. The minimum Gasteiger partial charge on any atom is -0.507 e. The Morgan fingerprint density at radius 1 is 1.00 bits per heavy atom. The van der Waals surface area contributed by atoms with Crippen molar-refractivity contribution in [2.45, 2.75) is 116 Å². The number of unbranched alkanes of at least 4 members (excludes halogenated alkanes) is 9. The minimum atomic E-state index is -0.296. The molecule has 0 saturated heterocycles. The van der Waals surface area contributed by atoms with Crippen LogP contribution >= 0.6 is 0 Å². The molecule has 3 nitrogen and oxygen atoms in total. The van der Waals surface area contributed by atoms with Crippen LogP contribution in [0.1, 0.15) is 122 Å². The zero-order valence-electron chi connectivity index (χ0n) is 20.5. The molecule has 0 saturated carbocycles. The molecule has 0 spiro atoms. The summed E-state index contributed by atoms with van der Waals surface area (Å²) in [4.78, 5) is 0. The summed E-state index contributed by atoms with van der Waals surface area (Å²) >= 11 is 0.